The van der Waals surface area contributed by atoms with Crippen molar-refractivity contribution in [3.05, 3.63) is 29.8 Å². The summed E-state index contributed by atoms with van der Waals surface area (Å²) >= 11 is 0. The van der Waals surface area contributed by atoms with Gasteiger partial charge in [0.15, 0.2) is 0 Å². The van der Waals surface area contributed by atoms with Crippen LogP contribution in [0.15, 0.2) is 24.3 Å². The number of phenols is 1. The minimum Gasteiger partial charge on any atom is -0.508 e. The van der Waals surface area contributed by atoms with Crippen molar-refractivity contribution in [2.24, 2.45) is 0 Å². The smallest absolute Gasteiger partial charge is 0.305 e. The van der Waals surface area contributed by atoms with E-state index in [1.54, 1.807) is 12.1 Å². The van der Waals surface area contributed by atoms with Crippen molar-refractivity contribution in [3.63, 3.8) is 0 Å². The molecule has 1 fully saturated rings. The predicted octanol–water partition coefficient (Wildman–Crippen LogP) is -0.0195. The number of aliphatic carboxylic acids is 1. The lowest BCUT2D eigenvalue weighted by atomic mass is 10.1. The van der Waals surface area contributed by atoms with Gasteiger partial charge in [-0.05, 0) is 43.4 Å². The van der Waals surface area contributed by atoms with Gasteiger partial charge >= 0.3 is 5.97 Å². The highest BCUT2D eigenvalue weighted by Gasteiger charge is 2.29. The Kier molecular flexibility index (Phi) is 8.98. The molecule has 31 heavy (non-hydrogen) atoms. The third-order valence-corrected chi connectivity index (χ3v) is 4.93. The van der Waals surface area contributed by atoms with Crippen molar-refractivity contribution in [1.82, 2.24) is 15.5 Å². The second kappa shape index (κ2) is 11.7. The summed E-state index contributed by atoms with van der Waals surface area (Å²) in [4.78, 5) is 60.2. The number of aromatic hydroxyl groups is 1. The van der Waals surface area contributed by atoms with Crippen molar-refractivity contribution in [2.75, 3.05) is 13.1 Å². The summed E-state index contributed by atoms with van der Waals surface area (Å²) in [5, 5.41) is 23.1. The van der Waals surface area contributed by atoms with Crippen molar-refractivity contribution < 1.29 is 34.2 Å². The first-order valence-corrected chi connectivity index (χ1v) is 10.1. The molecule has 1 heterocycles. The number of carbonyl (C=O) groups is 5. The van der Waals surface area contributed by atoms with Crippen LogP contribution in [0.3, 0.4) is 0 Å². The second-order valence-electron chi connectivity index (χ2n) is 7.45. The predicted molar refractivity (Wildman–Crippen MR) is 109 cm³/mol. The quantitative estimate of drug-likeness (QED) is 0.378. The van der Waals surface area contributed by atoms with Crippen LogP contribution in [0.25, 0.3) is 0 Å². The van der Waals surface area contributed by atoms with Gasteiger partial charge in [-0.3, -0.25) is 19.2 Å². The number of aryl methyl sites for hydroxylation is 1. The molecule has 2 unspecified atom stereocenters. The first-order valence-electron chi connectivity index (χ1n) is 10.1. The molecule has 1 aliphatic heterocycles. The molecule has 0 aromatic heterocycles. The van der Waals surface area contributed by atoms with E-state index in [2.05, 4.69) is 10.6 Å². The second-order valence-corrected chi connectivity index (χ2v) is 7.45. The summed E-state index contributed by atoms with van der Waals surface area (Å²) in [6.07, 6.45) is 2.24. The summed E-state index contributed by atoms with van der Waals surface area (Å²) in [7, 11) is 0. The highest BCUT2D eigenvalue weighted by atomic mass is 16.4. The Hall–Kier alpha value is -3.43. The molecule has 2 rings (SSSR count). The van der Waals surface area contributed by atoms with Crippen LogP contribution in [0, 0.1) is 0 Å². The number of carboxylic acid groups (broad SMARTS) is 1. The van der Waals surface area contributed by atoms with Crippen LogP contribution in [0.2, 0.25) is 0 Å². The van der Waals surface area contributed by atoms with E-state index in [4.69, 9.17) is 5.11 Å². The maximum absolute atomic E-state index is 12.8. The maximum Gasteiger partial charge on any atom is 0.305 e. The maximum atomic E-state index is 12.8. The molecular weight excluding hydrogens is 406 g/mol. The van der Waals surface area contributed by atoms with E-state index in [-0.39, 0.29) is 30.5 Å². The van der Waals surface area contributed by atoms with Gasteiger partial charge in [0.1, 0.15) is 18.1 Å². The Morgan fingerprint density at radius 2 is 1.87 bits per heavy atom. The van der Waals surface area contributed by atoms with E-state index in [9.17, 15) is 29.1 Å². The van der Waals surface area contributed by atoms with Crippen LogP contribution in [-0.4, -0.2) is 70.3 Å². The summed E-state index contributed by atoms with van der Waals surface area (Å²) < 4.78 is 0. The van der Waals surface area contributed by atoms with Crippen molar-refractivity contribution in [1.29, 1.82) is 0 Å². The van der Waals surface area contributed by atoms with Crippen molar-refractivity contribution in [2.45, 2.75) is 50.6 Å². The van der Waals surface area contributed by atoms with E-state index in [0.717, 1.165) is 5.56 Å². The van der Waals surface area contributed by atoms with Gasteiger partial charge < -0.3 is 30.5 Å². The molecule has 3 amide bonds. The molecule has 2 atom stereocenters. The number of rotatable bonds is 10. The summed E-state index contributed by atoms with van der Waals surface area (Å²) in [6.45, 7) is 0.0134. The molecule has 0 radical (unpaired) electrons. The number of carboxylic acids is 1. The number of nitrogens with one attached hydrogen (secondary N) is 2. The minimum atomic E-state index is -1.22. The Morgan fingerprint density at radius 1 is 1.16 bits per heavy atom. The number of amides is 3. The van der Waals surface area contributed by atoms with E-state index in [1.165, 1.54) is 17.0 Å². The average Bonchev–Trinajstić information content (AvgIpc) is 2.88. The molecule has 1 aromatic carbocycles. The molecular formula is C21H27N3O7. The average molecular weight is 433 g/mol. The number of aldehydes is 1. The monoisotopic (exact) mass is 433 g/mol. The van der Waals surface area contributed by atoms with Crippen LogP contribution in [0.4, 0.5) is 0 Å². The van der Waals surface area contributed by atoms with Crippen molar-refractivity contribution in [3.8, 4) is 5.75 Å². The lowest BCUT2D eigenvalue weighted by Crippen LogP contribution is -2.51. The zero-order chi connectivity index (χ0) is 22.8. The topological polar surface area (TPSA) is 153 Å². The highest BCUT2D eigenvalue weighted by molar-refractivity contribution is 5.91. The van der Waals surface area contributed by atoms with Gasteiger partial charge in [0.05, 0.1) is 19.0 Å². The fraction of sp³-hybridized carbons (Fsp3) is 0.476. The van der Waals surface area contributed by atoms with Gasteiger partial charge in [0.2, 0.25) is 17.7 Å². The molecule has 1 saturated heterocycles. The normalized spacial score (nSPS) is 17.4. The number of benzene rings is 1. The standard InChI is InChI=1S/C21H27N3O7/c25-13-15(11-20(29)30)22-19(28)12-24-10-2-1-3-17(21(24)31)23-18(27)9-6-14-4-7-16(26)8-5-14/h4-5,7-8,13,15,17,26H,1-3,6,9-12H2,(H,22,28)(H,23,27)(H,29,30). The molecule has 10 nitrogen and oxygen atoms in total. The molecule has 0 saturated carbocycles. The molecule has 1 aliphatic rings. The number of phenolic OH excluding ortho intramolecular Hbond substituents is 1. The van der Waals surface area contributed by atoms with E-state index in [0.29, 0.717) is 38.5 Å². The summed E-state index contributed by atoms with van der Waals surface area (Å²) in [6, 6.07) is 4.60. The molecule has 10 heteroatoms. The molecule has 0 spiro atoms. The van der Waals surface area contributed by atoms with E-state index in [1.807, 2.05) is 0 Å². The SMILES string of the molecule is O=CC(CC(=O)O)NC(=O)CN1CCCCC(NC(=O)CCc2ccc(O)cc2)C1=O. The van der Waals surface area contributed by atoms with Gasteiger partial charge in [0, 0.05) is 13.0 Å². The summed E-state index contributed by atoms with van der Waals surface area (Å²) in [5.41, 5.74) is 0.879. The van der Waals surface area contributed by atoms with Gasteiger partial charge in [-0.1, -0.05) is 12.1 Å². The Balaban J connectivity index is 1.88. The van der Waals surface area contributed by atoms with Gasteiger partial charge in [-0.2, -0.15) is 0 Å². The third-order valence-electron chi connectivity index (χ3n) is 4.93. The van der Waals surface area contributed by atoms with E-state index >= 15 is 0 Å². The van der Waals surface area contributed by atoms with Gasteiger partial charge in [0.25, 0.3) is 0 Å². The molecule has 168 valence electrons. The fourth-order valence-corrected chi connectivity index (χ4v) is 3.33. The van der Waals surface area contributed by atoms with Crippen LogP contribution < -0.4 is 10.6 Å². The zero-order valence-electron chi connectivity index (χ0n) is 17.1. The van der Waals surface area contributed by atoms with Crippen LogP contribution in [-0.2, 0) is 30.4 Å². The minimum absolute atomic E-state index is 0.142. The lowest BCUT2D eigenvalue weighted by molar-refractivity contribution is -0.140. The Morgan fingerprint density at radius 3 is 2.52 bits per heavy atom. The molecule has 1 aromatic rings. The molecule has 4 N–H and O–H groups in total. The Bertz CT molecular complexity index is 810. The van der Waals surface area contributed by atoms with E-state index < -0.39 is 30.4 Å². The van der Waals surface area contributed by atoms with Crippen LogP contribution in [0.5, 0.6) is 5.75 Å². The number of nitrogens with zero attached hydrogens (tertiary/aromatic N) is 1. The van der Waals surface area contributed by atoms with Gasteiger partial charge in [-0.15, -0.1) is 0 Å². The first-order chi connectivity index (χ1) is 14.8. The molecule has 0 aliphatic carbocycles. The third kappa shape index (κ3) is 8.07. The number of likely N-dealkylation sites (tertiary alicyclic amines) is 1. The largest absolute Gasteiger partial charge is 0.508 e. The first kappa shape index (κ1) is 23.8. The van der Waals surface area contributed by atoms with Crippen LogP contribution in [0.1, 0.15) is 37.7 Å². The number of carbonyl (C=O) groups excluding carboxylic acids is 4. The summed E-state index contributed by atoms with van der Waals surface area (Å²) in [5.74, 6) is -2.39. The fourth-order valence-electron chi connectivity index (χ4n) is 3.33. The number of hydrogen-bond donors (Lipinski definition) is 4. The highest BCUT2D eigenvalue weighted by Crippen LogP contribution is 2.14. The van der Waals surface area contributed by atoms with Gasteiger partial charge in [-0.25, -0.2) is 0 Å². The lowest BCUT2D eigenvalue weighted by Gasteiger charge is -2.25. The zero-order valence-corrected chi connectivity index (χ0v) is 17.1. The van der Waals surface area contributed by atoms with Crippen molar-refractivity contribution >= 4 is 30.0 Å². The Labute approximate surface area is 179 Å². The van der Waals surface area contributed by atoms with Crippen LogP contribution >= 0.6 is 0 Å². The number of hydrogen-bond acceptors (Lipinski definition) is 6. The molecule has 0 bridgehead atoms.